The largest absolute Gasteiger partial charge is 1.00 e. The molecule has 0 heterocycles. The minimum Gasteiger partial charge on any atom is -0.543 e. The van der Waals surface area contributed by atoms with Crippen LogP contribution in [0.1, 0.15) is 0 Å². The van der Waals surface area contributed by atoms with E-state index >= 15 is 0 Å². The smallest absolute Gasteiger partial charge is 0.543 e. The molecule has 8 N–H and O–H groups in total. The van der Waals surface area contributed by atoms with Gasteiger partial charge in [0.05, 0.1) is 11.9 Å². The third-order valence-electron chi connectivity index (χ3n) is 0.167. The van der Waals surface area contributed by atoms with Gasteiger partial charge in [0.2, 0.25) is 0 Å². The summed E-state index contributed by atoms with van der Waals surface area (Å²) in [5.41, 5.74) is 0. The third-order valence-corrected chi connectivity index (χ3v) is 0.167. The summed E-state index contributed by atoms with van der Waals surface area (Å²) >= 11 is 0. The molecule has 0 saturated carbocycles. The molecule has 0 amide bonds. The first-order valence-corrected chi connectivity index (χ1v) is 1.07. The molecule has 0 aliphatic carbocycles. The van der Waals surface area contributed by atoms with E-state index in [2.05, 4.69) is 0 Å². The van der Waals surface area contributed by atoms with Crippen LogP contribution in [0.25, 0.3) is 0 Å². The van der Waals surface area contributed by atoms with E-state index in [1.54, 1.807) is 0 Å². The molecule has 0 fully saturated rings. The van der Waals surface area contributed by atoms with Crippen LogP contribution in [0.3, 0.4) is 0 Å². The Morgan fingerprint density at radius 2 is 0.750 bits per heavy atom. The first-order chi connectivity index (χ1) is 2.64. The van der Waals surface area contributed by atoms with Crippen molar-refractivity contribution >= 4 is 11.9 Å². The molecular formula is C2H8Na2O8. The first kappa shape index (κ1) is 53.1. The van der Waals surface area contributed by atoms with Gasteiger partial charge in [-0.15, -0.1) is 0 Å². The van der Waals surface area contributed by atoms with Crippen LogP contribution >= 0.6 is 0 Å². The Morgan fingerprint density at radius 1 is 0.667 bits per heavy atom. The summed E-state index contributed by atoms with van der Waals surface area (Å²) in [5.74, 6) is -4.37. The minimum atomic E-state index is -2.19. The quantitative estimate of drug-likeness (QED) is 0.279. The van der Waals surface area contributed by atoms with Crippen molar-refractivity contribution < 1.29 is 101 Å². The van der Waals surface area contributed by atoms with Crippen molar-refractivity contribution in [2.24, 2.45) is 0 Å². The van der Waals surface area contributed by atoms with Crippen LogP contribution in [0, 0.1) is 0 Å². The van der Waals surface area contributed by atoms with Crippen molar-refractivity contribution in [1.29, 1.82) is 0 Å². The second kappa shape index (κ2) is 29.8. The van der Waals surface area contributed by atoms with Crippen LogP contribution in [0.15, 0.2) is 0 Å². The second-order valence-electron chi connectivity index (χ2n) is 0.575. The van der Waals surface area contributed by atoms with Crippen molar-refractivity contribution in [1.82, 2.24) is 0 Å². The monoisotopic (exact) mass is 206 g/mol. The normalized spacial score (nSPS) is 3.67. The number of hydrogen-bond donors (Lipinski definition) is 0. The molecule has 0 saturated heterocycles. The van der Waals surface area contributed by atoms with Gasteiger partial charge >= 0.3 is 59.1 Å². The van der Waals surface area contributed by atoms with E-state index in [4.69, 9.17) is 19.8 Å². The van der Waals surface area contributed by atoms with Gasteiger partial charge in [-0.05, 0) is 0 Å². The number of rotatable bonds is 0. The minimum absolute atomic E-state index is 0. The van der Waals surface area contributed by atoms with E-state index in [0.717, 1.165) is 0 Å². The average Bonchev–Trinajstić information content (AvgIpc) is 1.36. The summed E-state index contributed by atoms with van der Waals surface area (Å²) in [7, 11) is 0. The fourth-order valence-corrected chi connectivity index (χ4v) is 0. The molecule has 0 rings (SSSR count). The third kappa shape index (κ3) is 45.1. The fourth-order valence-electron chi connectivity index (χ4n) is 0. The molecule has 0 atom stereocenters. The maximum Gasteiger partial charge on any atom is 1.00 e. The van der Waals surface area contributed by atoms with Crippen molar-refractivity contribution in [3.8, 4) is 0 Å². The summed E-state index contributed by atoms with van der Waals surface area (Å²) < 4.78 is 0. The zero-order chi connectivity index (χ0) is 5.15. The molecule has 12 heavy (non-hydrogen) atoms. The van der Waals surface area contributed by atoms with Gasteiger partial charge < -0.3 is 41.7 Å². The Hall–Kier alpha value is 0.780. The number of carbonyl (C=O) groups excluding carboxylic acids is 2. The van der Waals surface area contributed by atoms with Gasteiger partial charge in [0, 0.05) is 0 Å². The summed E-state index contributed by atoms with van der Waals surface area (Å²) in [4.78, 5) is 17.9. The maximum absolute atomic E-state index is 8.93. The molecule has 66 valence electrons. The fraction of sp³-hybridized carbons (Fsp3) is 0. The summed E-state index contributed by atoms with van der Waals surface area (Å²) in [5, 5.41) is 17.9. The van der Waals surface area contributed by atoms with Gasteiger partial charge in [0.15, 0.2) is 0 Å². The van der Waals surface area contributed by atoms with Crippen LogP contribution in [-0.4, -0.2) is 33.8 Å². The number of carboxylic acids is 2. The molecule has 0 spiro atoms. The zero-order valence-electron chi connectivity index (χ0n) is 6.63. The molecule has 0 aromatic carbocycles. The summed E-state index contributed by atoms with van der Waals surface area (Å²) in [6.45, 7) is 0. The first-order valence-electron chi connectivity index (χ1n) is 1.07. The molecular weight excluding hydrogens is 198 g/mol. The number of carboxylic acid groups (broad SMARTS) is 2. The van der Waals surface area contributed by atoms with Crippen molar-refractivity contribution in [3.63, 3.8) is 0 Å². The Kier molecular flexibility index (Phi) is 132. The molecule has 10 heteroatoms. The topological polar surface area (TPSA) is 206 Å². The molecule has 0 aliphatic rings. The molecule has 0 aliphatic heterocycles. The van der Waals surface area contributed by atoms with Crippen LogP contribution in [0.4, 0.5) is 0 Å². The maximum atomic E-state index is 8.93. The molecule has 8 nitrogen and oxygen atoms in total. The van der Waals surface area contributed by atoms with Gasteiger partial charge in [0.1, 0.15) is 0 Å². The Labute approximate surface area is 112 Å². The van der Waals surface area contributed by atoms with E-state index in [0.29, 0.717) is 0 Å². The molecule has 0 bridgehead atoms. The number of carbonyl (C=O) groups is 2. The summed E-state index contributed by atoms with van der Waals surface area (Å²) in [6, 6.07) is 0. The number of aliphatic carboxylic acids is 2. The summed E-state index contributed by atoms with van der Waals surface area (Å²) in [6.07, 6.45) is 0. The average molecular weight is 206 g/mol. The number of hydrogen-bond acceptors (Lipinski definition) is 4. The van der Waals surface area contributed by atoms with E-state index < -0.39 is 11.9 Å². The zero-order valence-corrected chi connectivity index (χ0v) is 10.6. The van der Waals surface area contributed by atoms with Crippen LogP contribution in [-0.2, 0) is 9.59 Å². The van der Waals surface area contributed by atoms with Gasteiger partial charge in [0.25, 0.3) is 0 Å². The van der Waals surface area contributed by atoms with E-state index in [-0.39, 0.29) is 81.0 Å². The van der Waals surface area contributed by atoms with E-state index in [1.807, 2.05) is 0 Å². The molecule has 0 radical (unpaired) electrons. The van der Waals surface area contributed by atoms with Crippen LogP contribution < -0.4 is 69.3 Å². The molecule has 0 aromatic heterocycles. The Bertz CT molecular complexity index is 81.1. The van der Waals surface area contributed by atoms with E-state index in [1.165, 1.54) is 0 Å². The second-order valence-corrected chi connectivity index (χ2v) is 0.575. The van der Waals surface area contributed by atoms with Crippen LogP contribution in [0.2, 0.25) is 0 Å². The van der Waals surface area contributed by atoms with Crippen molar-refractivity contribution in [3.05, 3.63) is 0 Å². The molecule has 0 aromatic rings. The van der Waals surface area contributed by atoms with Gasteiger partial charge in [-0.2, -0.15) is 0 Å². The predicted octanol–water partition coefficient (Wildman–Crippen LogP) is -12.8. The molecule has 0 unspecified atom stereocenters. The van der Waals surface area contributed by atoms with Gasteiger partial charge in [-0.25, -0.2) is 0 Å². The Morgan fingerprint density at radius 3 is 0.750 bits per heavy atom. The van der Waals surface area contributed by atoms with Crippen molar-refractivity contribution in [2.45, 2.75) is 0 Å². The van der Waals surface area contributed by atoms with Gasteiger partial charge in [-0.3, -0.25) is 0 Å². The predicted molar refractivity (Wildman–Crippen MR) is 24.5 cm³/mol. The SMILES string of the molecule is O.O.O.O.O=C([O-])C(=O)[O-].[Na+].[Na+]. The Balaban J connectivity index is -0.00000000833. The standard InChI is InChI=1S/C2H2O4.2Na.4H2O/c3-1(4)2(5)6;;;;;;/h(H,3,4)(H,5,6);;;4*1H2/q;2*+1;;;;/p-2. The van der Waals surface area contributed by atoms with Crippen LogP contribution in [0.5, 0.6) is 0 Å². The van der Waals surface area contributed by atoms with Gasteiger partial charge in [-0.1, -0.05) is 0 Å². The van der Waals surface area contributed by atoms with E-state index in [9.17, 15) is 0 Å². The van der Waals surface area contributed by atoms with Crippen molar-refractivity contribution in [2.75, 3.05) is 0 Å².